The van der Waals surface area contributed by atoms with E-state index in [1.807, 2.05) is 0 Å². The number of fused-ring (bicyclic) bond motifs is 7. The Morgan fingerprint density at radius 3 is 2.67 bits per heavy atom. The van der Waals surface area contributed by atoms with Crippen LogP contribution in [0.5, 0.6) is 5.75 Å². The molecule has 0 fully saturated rings. The molecule has 2 aromatic carbocycles. The lowest BCUT2D eigenvalue weighted by Gasteiger charge is -2.27. The van der Waals surface area contributed by atoms with Crippen molar-refractivity contribution in [3.05, 3.63) is 64.7 Å². The van der Waals surface area contributed by atoms with Crippen molar-refractivity contribution in [1.82, 2.24) is 4.90 Å². The summed E-state index contributed by atoms with van der Waals surface area (Å²) in [4.78, 5) is 2.49. The monoisotopic (exact) mass is 279 g/mol. The smallest absolute Gasteiger partial charge is 0.119 e. The number of hydrogen-bond acceptors (Lipinski definition) is 2. The maximum Gasteiger partial charge on any atom is 0.119 e. The molecule has 2 heteroatoms. The van der Waals surface area contributed by atoms with Crippen molar-refractivity contribution in [1.29, 1.82) is 0 Å². The summed E-state index contributed by atoms with van der Waals surface area (Å²) in [5.74, 6) is 2.08. The van der Waals surface area contributed by atoms with Gasteiger partial charge in [-0.25, -0.2) is 0 Å². The minimum absolute atomic E-state index is 0.479. The molecule has 2 bridgehead atoms. The van der Waals surface area contributed by atoms with Crippen LogP contribution in [0.15, 0.2) is 42.5 Å². The van der Waals surface area contributed by atoms with Gasteiger partial charge in [-0.1, -0.05) is 37.3 Å². The van der Waals surface area contributed by atoms with Crippen LogP contribution in [0.1, 0.15) is 41.1 Å². The van der Waals surface area contributed by atoms with Crippen LogP contribution < -0.4 is 4.74 Å². The molecule has 4 rings (SSSR count). The second-order valence-electron chi connectivity index (χ2n) is 6.39. The summed E-state index contributed by atoms with van der Waals surface area (Å²) in [7, 11) is 3.99. The van der Waals surface area contributed by atoms with Crippen LogP contribution in [-0.2, 0) is 6.54 Å². The van der Waals surface area contributed by atoms with E-state index in [1.165, 1.54) is 22.3 Å². The number of rotatable bonds is 1. The predicted molar refractivity (Wildman–Crippen MR) is 84.7 cm³/mol. The Bertz CT molecular complexity index is 694. The molecule has 108 valence electrons. The van der Waals surface area contributed by atoms with Crippen molar-refractivity contribution in [2.75, 3.05) is 14.2 Å². The summed E-state index contributed by atoms with van der Waals surface area (Å²) in [6.07, 6.45) is 0. The minimum atomic E-state index is 0.479. The summed E-state index contributed by atoms with van der Waals surface area (Å²) in [6, 6.07) is 16.0. The number of hydrogen-bond donors (Lipinski definition) is 0. The zero-order chi connectivity index (χ0) is 14.6. The Kier molecular flexibility index (Phi) is 2.83. The molecule has 2 nitrogen and oxygen atoms in total. The molecule has 21 heavy (non-hydrogen) atoms. The first kappa shape index (κ1) is 12.9. The Labute approximate surface area is 126 Å². The maximum atomic E-state index is 5.44. The molecule has 1 aliphatic heterocycles. The average Bonchev–Trinajstić information content (AvgIpc) is 2.72. The van der Waals surface area contributed by atoms with Gasteiger partial charge in [0.05, 0.1) is 7.11 Å². The highest BCUT2D eigenvalue weighted by molar-refractivity contribution is 5.51. The van der Waals surface area contributed by atoms with Gasteiger partial charge in [-0.2, -0.15) is 0 Å². The quantitative estimate of drug-likeness (QED) is 0.783. The fourth-order valence-corrected chi connectivity index (χ4v) is 4.41. The van der Waals surface area contributed by atoms with Gasteiger partial charge in [-0.05, 0) is 47.4 Å². The number of ether oxygens (including phenoxy) is 1. The first-order chi connectivity index (χ1) is 10.2. The van der Waals surface area contributed by atoms with Gasteiger partial charge in [0, 0.05) is 18.5 Å². The van der Waals surface area contributed by atoms with E-state index in [2.05, 4.69) is 61.3 Å². The summed E-state index contributed by atoms with van der Waals surface area (Å²) >= 11 is 0. The van der Waals surface area contributed by atoms with Crippen molar-refractivity contribution >= 4 is 0 Å². The highest BCUT2D eigenvalue weighted by Gasteiger charge is 2.43. The minimum Gasteiger partial charge on any atom is -0.497 e. The van der Waals surface area contributed by atoms with Crippen LogP contribution in [0, 0.1) is 5.92 Å². The van der Waals surface area contributed by atoms with Crippen LogP contribution in [0.2, 0.25) is 0 Å². The molecule has 1 aliphatic carbocycles. The van der Waals surface area contributed by atoms with Gasteiger partial charge in [0.25, 0.3) is 0 Å². The topological polar surface area (TPSA) is 12.5 Å². The lowest BCUT2D eigenvalue weighted by Crippen LogP contribution is -2.25. The third-order valence-corrected chi connectivity index (χ3v) is 5.26. The van der Waals surface area contributed by atoms with E-state index in [0.29, 0.717) is 17.9 Å². The molecule has 0 spiro atoms. The van der Waals surface area contributed by atoms with Crippen LogP contribution in [-0.4, -0.2) is 19.1 Å². The molecule has 3 atom stereocenters. The zero-order valence-corrected chi connectivity index (χ0v) is 12.8. The first-order valence-electron chi connectivity index (χ1n) is 7.66. The Balaban J connectivity index is 1.96. The molecule has 0 saturated heterocycles. The van der Waals surface area contributed by atoms with Crippen molar-refractivity contribution in [2.45, 2.75) is 25.4 Å². The van der Waals surface area contributed by atoms with Crippen molar-refractivity contribution < 1.29 is 4.74 Å². The van der Waals surface area contributed by atoms with Gasteiger partial charge in [0.1, 0.15) is 5.75 Å². The molecular formula is C19H21NO. The molecule has 2 aliphatic rings. The fraction of sp³-hybridized carbons (Fsp3) is 0.368. The van der Waals surface area contributed by atoms with Crippen molar-refractivity contribution in [3.8, 4) is 5.75 Å². The second kappa shape index (κ2) is 4.60. The summed E-state index contributed by atoms with van der Waals surface area (Å²) < 4.78 is 5.44. The lowest BCUT2D eigenvalue weighted by atomic mass is 9.84. The van der Waals surface area contributed by atoms with Crippen molar-refractivity contribution in [3.63, 3.8) is 0 Å². The molecule has 0 radical (unpaired) electrons. The normalized spacial score (nSPS) is 26.9. The van der Waals surface area contributed by atoms with Gasteiger partial charge < -0.3 is 4.74 Å². The Morgan fingerprint density at radius 2 is 1.86 bits per heavy atom. The molecule has 0 N–H and O–H groups in total. The fourth-order valence-electron chi connectivity index (χ4n) is 4.41. The third kappa shape index (κ3) is 1.75. The number of nitrogens with zero attached hydrogens (tertiary/aromatic N) is 1. The highest BCUT2D eigenvalue weighted by Crippen LogP contribution is 2.54. The molecule has 0 saturated carbocycles. The standard InChI is InChI=1S/C19H21NO/c1-12-18-15-7-5-4-6-13(15)11-20(2)19(12)17-10-14(21-3)8-9-16(17)18/h4-10,12,18-19H,11H2,1-3H3. The van der Waals surface area contributed by atoms with E-state index < -0.39 is 0 Å². The van der Waals surface area contributed by atoms with Crippen LogP contribution in [0.3, 0.4) is 0 Å². The van der Waals surface area contributed by atoms with Crippen LogP contribution in [0.4, 0.5) is 0 Å². The predicted octanol–water partition coefficient (Wildman–Crippen LogP) is 3.96. The van der Waals surface area contributed by atoms with E-state index in [1.54, 1.807) is 7.11 Å². The molecule has 2 aromatic rings. The summed E-state index contributed by atoms with van der Waals surface area (Å²) in [5, 5.41) is 0. The van der Waals surface area contributed by atoms with Gasteiger partial charge in [-0.15, -0.1) is 0 Å². The molecule has 1 heterocycles. The van der Waals surface area contributed by atoms with E-state index in [0.717, 1.165) is 12.3 Å². The van der Waals surface area contributed by atoms with Crippen molar-refractivity contribution in [2.24, 2.45) is 5.92 Å². The van der Waals surface area contributed by atoms with Gasteiger partial charge >= 0.3 is 0 Å². The largest absolute Gasteiger partial charge is 0.497 e. The first-order valence-corrected chi connectivity index (χ1v) is 7.66. The van der Waals surface area contributed by atoms with Gasteiger partial charge in [-0.3, -0.25) is 4.90 Å². The van der Waals surface area contributed by atoms with Crippen LogP contribution >= 0.6 is 0 Å². The highest BCUT2D eigenvalue weighted by atomic mass is 16.5. The Morgan fingerprint density at radius 1 is 1.05 bits per heavy atom. The molecule has 0 amide bonds. The molecule has 3 unspecified atom stereocenters. The second-order valence-corrected chi connectivity index (χ2v) is 6.39. The molecule has 0 aromatic heterocycles. The zero-order valence-electron chi connectivity index (χ0n) is 12.8. The van der Waals surface area contributed by atoms with E-state index >= 15 is 0 Å². The molecular weight excluding hydrogens is 258 g/mol. The summed E-state index contributed by atoms with van der Waals surface area (Å²) in [6.45, 7) is 3.42. The SMILES string of the molecule is COc1ccc2c(c1)C1C(C)C2c2ccccc2CN1C. The van der Waals surface area contributed by atoms with Crippen LogP contribution in [0.25, 0.3) is 0 Å². The van der Waals surface area contributed by atoms with Gasteiger partial charge in [0.15, 0.2) is 0 Å². The van der Waals surface area contributed by atoms with E-state index in [-0.39, 0.29) is 0 Å². The van der Waals surface area contributed by atoms with Gasteiger partial charge in [0.2, 0.25) is 0 Å². The maximum absolute atomic E-state index is 5.44. The number of methoxy groups -OCH3 is 1. The Hall–Kier alpha value is -1.80. The van der Waals surface area contributed by atoms with E-state index in [9.17, 15) is 0 Å². The van der Waals surface area contributed by atoms with E-state index in [4.69, 9.17) is 4.74 Å². The third-order valence-electron chi connectivity index (χ3n) is 5.26. The summed E-state index contributed by atoms with van der Waals surface area (Å²) in [5.41, 5.74) is 5.90. The average molecular weight is 279 g/mol. The lowest BCUT2D eigenvalue weighted by molar-refractivity contribution is 0.194. The number of benzene rings is 2.